The van der Waals surface area contributed by atoms with Crippen LogP contribution >= 0.6 is 34.7 Å². The summed E-state index contributed by atoms with van der Waals surface area (Å²) in [5.41, 5.74) is 2.90. The molecule has 6 nitrogen and oxygen atoms in total. The van der Waals surface area contributed by atoms with Crippen LogP contribution in [0, 0.1) is 0 Å². The first kappa shape index (κ1) is 22.3. The topological polar surface area (TPSA) is 81.2 Å². The lowest BCUT2D eigenvalue weighted by molar-refractivity contribution is -0.115. The summed E-state index contributed by atoms with van der Waals surface area (Å²) in [7, 11) is 1.32. The van der Waals surface area contributed by atoms with Gasteiger partial charge in [0.1, 0.15) is 16.2 Å². The van der Waals surface area contributed by atoms with E-state index in [2.05, 4.69) is 15.3 Å². The highest BCUT2D eigenvalue weighted by Gasteiger charge is 2.20. The molecule has 0 saturated carbocycles. The predicted molar refractivity (Wildman–Crippen MR) is 130 cm³/mol. The predicted octanol–water partition coefficient (Wildman–Crippen LogP) is 5.92. The minimum Gasteiger partial charge on any atom is -0.465 e. The van der Waals surface area contributed by atoms with E-state index >= 15 is 0 Å². The zero-order valence-electron chi connectivity index (χ0n) is 17.2. The highest BCUT2D eigenvalue weighted by molar-refractivity contribution is 8.00. The molecule has 2 heterocycles. The number of halogens is 1. The van der Waals surface area contributed by atoms with Gasteiger partial charge < -0.3 is 10.1 Å². The SMILES string of the molecule is COC(=O)c1cccc(NC(=O)C(C)Sc2ncnc3scc(-c4ccc(Cl)cc4)c23)c1. The van der Waals surface area contributed by atoms with Gasteiger partial charge in [-0.1, -0.05) is 41.6 Å². The Kier molecular flexibility index (Phi) is 6.74. The van der Waals surface area contributed by atoms with Crippen LogP contribution in [0.5, 0.6) is 0 Å². The molecule has 2 aromatic carbocycles. The number of thiophene rings is 1. The fourth-order valence-electron chi connectivity index (χ4n) is 3.09. The number of ether oxygens (including phenoxy) is 1. The highest BCUT2D eigenvalue weighted by Crippen LogP contribution is 2.39. The average Bonchev–Trinajstić information content (AvgIpc) is 3.24. The van der Waals surface area contributed by atoms with Crippen molar-refractivity contribution in [2.45, 2.75) is 17.2 Å². The Labute approximate surface area is 198 Å². The number of carbonyl (C=O) groups is 2. The molecule has 162 valence electrons. The van der Waals surface area contributed by atoms with Gasteiger partial charge in [-0.15, -0.1) is 11.3 Å². The van der Waals surface area contributed by atoms with E-state index in [4.69, 9.17) is 16.3 Å². The molecular formula is C23H18ClN3O3S2. The number of aromatic nitrogens is 2. The lowest BCUT2D eigenvalue weighted by Gasteiger charge is -2.13. The molecule has 9 heteroatoms. The Hall–Kier alpha value is -2.94. The minimum absolute atomic E-state index is 0.202. The molecule has 1 atom stereocenters. The average molecular weight is 484 g/mol. The summed E-state index contributed by atoms with van der Waals surface area (Å²) in [6.45, 7) is 1.81. The van der Waals surface area contributed by atoms with Crippen molar-refractivity contribution < 1.29 is 14.3 Å². The normalized spacial score (nSPS) is 11.8. The van der Waals surface area contributed by atoms with Crippen molar-refractivity contribution in [2.24, 2.45) is 0 Å². The molecule has 4 rings (SSSR count). The van der Waals surface area contributed by atoms with Crippen LogP contribution in [0.2, 0.25) is 5.02 Å². The van der Waals surface area contributed by atoms with Crippen molar-refractivity contribution in [1.82, 2.24) is 9.97 Å². The molecule has 32 heavy (non-hydrogen) atoms. The molecule has 0 radical (unpaired) electrons. The van der Waals surface area contributed by atoms with E-state index in [1.807, 2.05) is 36.6 Å². The lowest BCUT2D eigenvalue weighted by atomic mass is 10.1. The third kappa shape index (κ3) is 4.77. The van der Waals surface area contributed by atoms with Crippen LogP contribution < -0.4 is 5.32 Å². The molecule has 0 aliphatic heterocycles. The first-order valence-electron chi connectivity index (χ1n) is 9.60. The van der Waals surface area contributed by atoms with Crippen molar-refractivity contribution in [3.05, 3.63) is 70.8 Å². The first-order valence-corrected chi connectivity index (χ1v) is 11.7. The second-order valence-corrected chi connectivity index (χ2v) is 9.46. The number of thioether (sulfide) groups is 1. The number of nitrogens with zero attached hydrogens (tertiary/aromatic N) is 2. The van der Waals surface area contributed by atoms with Gasteiger partial charge in [-0.05, 0) is 42.8 Å². The summed E-state index contributed by atoms with van der Waals surface area (Å²) < 4.78 is 4.73. The third-order valence-corrected chi connectivity index (χ3v) is 6.94. The molecule has 4 aromatic rings. The Morgan fingerprint density at radius 1 is 1.16 bits per heavy atom. The van der Waals surface area contributed by atoms with Crippen LogP contribution in [-0.4, -0.2) is 34.2 Å². The summed E-state index contributed by atoms with van der Waals surface area (Å²) >= 11 is 8.92. The summed E-state index contributed by atoms with van der Waals surface area (Å²) in [6.07, 6.45) is 1.51. The molecular weight excluding hydrogens is 466 g/mol. The Balaban J connectivity index is 1.57. The van der Waals surface area contributed by atoms with Gasteiger partial charge in [0.2, 0.25) is 5.91 Å². The van der Waals surface area contributed by atoms with Crippen LogP contribution in [0.15, 0.2) is 65.3 Å². The molecule has 1 unspecified atom stereocenters. The standard InChI is InChI=1S/C23H18ClN3O3S2/c1-13(20(28)27-17-5-3-4-15(10-17)23(29)30-2)32-22-19-18(11-31-21(19)25-12-26-22)14-6-8-16(24)9-7-14/h3-13H,1-2H3,(H,27,28). The van der Waals surface area contributed by atoms with Crippen molar-refractivity contribution in [2.75, 3.05) is 12.4 Å². The summed E-state index contributed by atoms with van der Waals surface area (Å²) in [5, 5.41) is 6.76. The van der Waals surface area contributed by atoms with Crippen LogP contribution in [0.3, 0.4) is 0 Å². The van der Waals surface area contributed by atoms with E-state index in [1.165, 1.54) is 36.5 Å². The number of methoxy groups -OCH3 is 1. The fourth-order valence-corrected chi connectivity index (χ4v) is 5.13. The number of nitrogens with one attached hydrogen (secondary N) is 1. The quantitative estimate of drug-likeness (QED) is 0.208. The highest BCUT2D eigenvalue weighted by atomic mass is 35.5. The number of fused-ring (bicyclic) bond motifs is 1. The van der Waals surface area contributed by atoms with Crippen molar-refractivity contribution in [3.63, 3.8) is 0 Å². The zero-order valence-corrected chi connectivity index (χ0v) is 19.6. The number of anilines is 1. The van der Waals surface area contributed by atoms with Crippen molar-refractivity contribution >= 4 is 62.5 Å². The lowest BCUT2D eigenvalue weighted by Crippen LogP contribution is -2.22. The molecule has 1 amide bonds. The van der Waals surface area contributed by atoms with Crippen molar-refractivity contribution in [1.29, 1.82) is 0 Å². The number of benzene rings is 2. The Bertz CT molecular complexity index is 1290. The maximum absolute atomic E-state index is 12.8. The minimum atomic E-state index is -0.459. The first-order chi connectivity index (χ1) is 15.5. The fraction of sp³-hybridized carbons (Fsp3) is 0.130. The largest absolute Gasteiger partial charge is 0.465 e. The molecule has 0 spiro atoms. The van der Waals surface area contributed by atoms with Gasteiger partial charge in [0.05, 0.1) is 23.3 Å². The molecule has 0 aliphatic rings. The number of rotatable bonds is 6. The number of hydrogen-bond acceptors (Lipinski definition) is 7. The number of hydrogen-bond donors (Lipinski definition) is 1. The Morgan fingerprint density at radius 2 is 1.94 bits per heavy atom. The van der Waals surface area contributed by atoms with E-state index < -0.39 is 11.2 Å². The second kappa shape index (κ2) is 9.68. The number of esters is 1. The van der Waals surface area contributed by atoms with Gasteiger partial charge >= 0.3 is 5.97 Å². The summed E-state index contributed by atoms with van der Waals surface area (Å²) in [5.74, 6) is -0.661. The van der Waals surface area contributed by atoms with E-state index in [0.29, 0.717) is 16.3 Å². The van der Waals surface area contributed by atoms with Crippen molar-refractivity contribution in [3.8, 4) is 11.1 Å². The summed E-state index contributed by atoms with van der Waals surface area (Å²) in [4.78, 5) is 34.3. The van der Waals surface area contributed by atoms with Gasteiger partial charge in [-0.2, -0.15) is 0 Å². The van der Waals surface area contributed by atoms with Crippen LogP contribution in [0.4, 0.5) is 5.69 Å². The van der Waals surface area contributed by atoms with Gasteiger partial charge in [-0.3, -0.25) is 4.79 Å². The molecule has 0 saturated heterocycles. The van der Waals surface area contributed by atoms with E-state index in [0.717, 1.165) is 26.4 Å². The third-order valence-electron chi connectivity index (χ3n) is 4.70. The van der Waals surface area contributed by atoms with Gasteiger partial charge in [0.15, 0.2) is 0 Å². The van der Waals surface area contributed by atoms with Gasteiger partial charge in [-0.25, -0.2) is 14.8 Å². The monoisotopic (exact) mass is 483 g/mol. The second-order valence-electron chi connectivity index (χ2n) is 6.84. The van der Waals surface area contributed by atoms with E-state index in [-0.39, 0.29) is 5.91 Å². The molecule has 0 aliphatic carbocycles. The molecule has 0 bridgehead atoms. The van der Waals surface area contributed by atoms with E-state index in [1.54, 1.807) is 24.3 Å². The van der Waals surface area contributed by atoms with Crippen LogP contribution in [0.1, 0.15) is 17.3 Å². The zero-order chi connectivity index (χ0) is 22.7. The number of carbonyl (C=O) groups excluding carboxylic acids is 2. The number of amides is 1. The summed E-state index contributed by atoms with van der Waals surface area (Å²) in [6, 6.07) is 14.2. The van der Waals surface area contributed by atoms with Crippen LogP contribution in [-0.2, 0) is 9.53 Å². The van der Waals surface area contributed by atoms with Gasteiger partial charge in [0.25, 0.3) is 0 Å². The molecule has 1 N–H and O–H groups in total. The van der Waals surface area contributed by atoms with E-state index in [9.17, 15) is 9.59 Å². The molecule has 0 fully saturated rings. The van der Waals surface area contributed by atoms with Gasteiger partial charge in [0, 0.05) is 21.7 Å². The Morgan fingerprint density at radius 3 is 2.69 bits per heavy atom. The maximum Gasteiger partial charge on any atom is 0.337 e. The smallest absolute Gasteiger partial charge is 0.337 e. The maximum atomic E-state index is 12.8. The molecule has 2 aromatic heterocycles. The van der Waals surface area contributed by atoms with Crippen LogP contribution in [0.25, 0.3) is 21.3 Å².